The van der Waals surface area contributed by atoms with E-state index in [-0.39, 0.29) is 5.91 Å². The third kappa shape index (κ3) is 6.56. The normalized spacial score (nSPS) is 14.0. The van der Waals surface area contributed by atoms with Gasteiger partial charge in [-0.3, -0.25) is 14.4 Å². The maximum Gasteiger partial charge on any atom is 0.248 e. The maximum atomic E-state index is 12.3. The molecule has 3 heterocycles. The molecule has 172 valence electrons. The van der Waals surface area contributed by atoms with Crippen LogP contribution in [0.1, 0.15) is 12.8 Å². The van der Waals surface area contributed by atoms with Crippen molar-refractivity contribution >= 4 is 46.5 Å². The molecule has 1 aliphatic rings. The smallest absolute Gasteiger partial charge is 0.248 e. The van der Waals surface area contributed by atoms with Crippen LogP contribution in [0.2, 0.25) is 0 Å². The second-order valence-electron chi connectivity index (χ2n) is 7.74. The van der Waals surface area contributed by atoms with Crippen LogP contribution in [-0.2, 0) is 11.8 Å². The fourth-order valence-corrected chi connectivity index (χ4v) is 4.00. The predicted octanol–water partition coefficient (Wildman–Crippen LogP) is 4.01. The predicted molar refractivity (Wildman–Crippen MR) is 133 cm³/mol. The zero-order valence-electron chi connectivity index (χ0n) is 18.8. The van der Waals surface area contributed by atoms with Gasteiger partial charge in [0.05, 0.1) is 16.8 Å². The van der Waals surface area contributed by atoms with Gasteiger partial charge in [0.25, 0.3) is 0 Å². The Bertz CT molecular complexity index is 1120. The van der Waals surface area contributed by atoms with Crippen molar-refractivity contribution in [1.29, 1.82) is 0 Å². The zero-order chi connectivity index (χ0) is 23.0. The lowest BCUT2D eigenvalue weighted by atomic mass is 10.2. The van der Waals surface area contributed by atoms with Gasteiger partial charge in [0.1, 0.15) is 5.82 Å². The molecule has 0 unspecified atom stereocenters. The molecule has 0 bridgehead atoms. The molecule has 3 N–H and O–H groups in total. The van der Waals surface area contributed by atoms with Gasteiger partial charge in [-0.2, -0.15) is 10.1 Å². The van der Waals surface area contributed by atoms with Gasteiger partial charge in [-0.1, -0.05) is 12.1 Å². The Hall–Kier alpha value is -3.37. The number of likely N-dealkylation sites (tertiary alicyclic amines) is 1. The number of anilines is 5. The average molecular weight is 465 g/mol. The second-order valence-corrected chi connectivity index (χ2v) is 8.59. The van der Waals surface area contributed by atoms with E-state index < -0.39 is 0 Å². The average Bonchev–Trinajstić information content (AvgIpc) is 3.46. The van der Waals surface area contributed by atoms with Crippen molar-refractivity contribution in [3.8, 4) is 0 Å². The van der Waals surface area contributed by atoms with Crippen LogP contribution >= 0.6 is 11.8 Å². The summed E-state index contributed by atoms with van der Waals surface area (Å²) >= 11 is 1.55. The Morgan fingerprint density at radius 1 is 1.15 bits per heavy atom. The summed E-state index contributed by atoms with van der Waals surface area (Å²) < 4.78 is 1.71. The van der Waals surface area contributed by atoms with Gasteiger partial charge in [-0.05, 0) is 50.4 Å². The van der Waals surface area contributed by atoms with Crippen molar-refractivity contribution < 1.29 is 4.79 Å². The highest BCUT2D eigenvalue weighted by atomic mass is 32.2. The van der Waals surface area contributed by atoms with Crippen LogP contribution in [0.25, 0.3) is 0 Å². The zero-order valence-corrected chi connectivity index (χ0v) is 19.6. The molecule has 0 radical (unpaired) electrons. The van der Waals surface area contributed by atoms with E-state index >= 15 is 0 Å². The number of nitrogens with zero attached hydrogens (tertiary/aromatic N) is 5. The van der Waals surface area contributed by atoms with Crippen molar-refractivity contribution in [2.45, 2.75) is 17.7 Å². The Balaban J connectivity index is 1.41. The highest BCUT2D eigenvalue weighted by molar-refractivity contribution is 7.98. The first-order valence-electron chi connectivity index (χ1n) is 10.8. The quantitative estimate of drug-likeness (QED) is 0.323. The number of benzene rings is 1. The minimum Gasteiger partial charge on any atom is -0.339 e. The number of thioether (sulfide) groups is 1. The fraction of sp³-hybridized carbons (Fsp3) is 0.304. The van der Waals surface area contributed by atoms with Crippen molar-refractivity contribution in [2.75, 3.05) is 41.8 Å². The SMILES string of the molecule is CSc1cnc(Nc2cnn(C)c2)nc1Nc1cccc(NC(=O)/C=C/CN2CCCC2)c1. The standard InChI is InChI=1S/C23H28N8OS/c1-30-16-19(14-25-30)28-23-24-15-20(33-2)22(29-23)27-18-8-5-7-17(13-18)26-21(32)9-6-12-31-10-3-4-11-31/h5-9,13-16H,3-4,10-12H2,1-2H3,(H,26,32)(H2,24,27,28,29)/b9-6+. The van der Waals surface area contributed by atoms with Crippen molar-refractivity contribution in [3.05, 3.63) is 55.0 Å². The maximum absolute atomic E-state index is 12.3. The third-order valence-electron chi connectivity index (χ3n) is 5.16. The summed E-state index contributed by atoms with van der Waals surface area (Å²) in [5.41, 5.74) is 2.34. The molecule has 1 saturated heterocycles. The number of aryl methyl sites for hydroxylation is 1. The molecule has 0 saturated carbocycles. The number of hydrogen-bond acceptors (Lipinski definition) is 8. The van der Waals surface area contributed by atoms with E-state index in [1.54, 1.807) is 34.9 Å². The molecule has 4 rings (SSSR count). The lowest BCUT2D eigenvalue weighted by Gasteiger charge is -2.12. The minimum atomic E-state index is -0.138. The van der Waals surface area contributed by atoms with E-state index in [9.17, 15) is 4.79 Å². The van der Waals surface area contributed by atoms with E-state index in [4.69, 9.17) is 0 Å². The van der Waals surface area contributed by atoms with Crippen molar-refractivity contribution in [1.82, 2.24) is 24.6 Å². The molecule has 1 fully saturated rings. The summed E-state index contributed by atoms with van der Waals surface area (Å²) in [6.45, 7) is 3.04. The van der Waals surface area contributed by atoms with Gasteiger partial charge in [-0.25, -0.2) is 4.98 Å². The van der Waals surface area contributed by atoms with Crippen LogP contribution in [-0.4, -0.2) is 56.4 Å². The van der Waals surface area contributed by atoms with Gasteiger partial charge in [0.2, 0.25) is 11.9 Å². The number of carbonyl (C=O) groups is 1. The lowest BCUT2D eigenvalue weighted by molar-refractivity contribution is -0.111. The number of amides is 1. The molecule has 9 nitrogen and oxygen atoms in total. The summed E-state index contributed by atoms with van der Waals surface area (Å²) in [5.74, 6) is 1.01. The molecule has 10 heteroatoms. The Kier molecular flexibility index (Phi) is 7.59. The lowest BCUT2D eigenvalue weighted by Crippen LogP contribution is -2.19. The number of carbonyl (C=O) groups excluding carboxylic acids is 1. The van der Waals surface area contributed by atoms with Crippen LogP contribution in [0.5, 0.6) is 0 Å². The highest BCUT2D eigenvalue weighted by Crippen LogP contribution is 2.28. The molecular weight excluding hydrogens is 436 g/mol. The third-order valence-corrected chi connectivity index (χ3v) is 5.90. The Morgan fingerprint density at radius 2 is 1.97 bits per heavy atom. The van der Waals surface area contributed by atoms with E-state index in [1.807, 2.05) is 49.8 Å². The summed E-state index contributed by atoms with van der Waals surface area (Å²) in [6, 6.07) is 7.56. The Labute approximate surface area is 197 Å². The second kappa shape index (κ2) is 11.0. The molecule has 0 aliphatic carbocycles. The largest absolute Gasteiger partial charge is 0.339 e. The first-order valence-corrected chi connectivity index (χ1v) is 12.1. The molecular formula is C23H28N8OS. The van der Waals surface area contributed by atoms with Gasteiger partial charge in [0.15, 0.2) is 0 Å². The summed E-state index contributed by atoms with van der Waals surface area (Å²) in [6.07, 6.45) is 13.3. The van der Waals surface area contributed by atoms with E-state index in [1.165, 1.54) is 12.8 Å². The summed E-state index contributed by atoms with van der Waals surface area (Å²) in [4.78, 5) is 24.6. The molecule has 0 spiro atoms. The first kappa shape index (κ1) is 22.8. The number of nitrogens with one attached hydrogen (secondary N) is 3. The van der Waals surface area contributed by atoms with Crippen molar-refractivity contribution in [3.63, 3.8) is 0 Å². The van der Waals surface area contributed by atoms with Crippen molar-refractivity contribution in [2.24, 2.45) is 7.05 Å². The van der Waals surface area contributed by atoms with Gasteiger partial charge in [-0.15, -0.1) is 11.8 Å². The van der Waals surface area contributed by atoms with Crippen LogP contribution in [0.3, 0.4) is 0 Å². The summed E-state index contributed by atoms with van der Waals surface area (Å²) in [7, 11) is 1.85. The van der Waals surface area contributed by atoms with Gasteiger partial charge < -0.3 is 16.0 Å². The fourth-order valence-electron chi connectivity index (χ4n) is 3.55. The van der Waals surface area contributed by atoms with E-state index in [0.717, 1.165) is 35.9 Å². The molecule has 1 aromatic carbocycles. The van der Waals surface area contributed by atoms with Gasteiger partial charge >= 0.3 is 0 Å². The molecule has 1 aliphatic heterocycles. The van der Waals surface area contributed by atoms with E-state index in [2.05, 4.69) is 35.9 Å². The summed E-state index contributed by atoms with van der Waals surface area (Å²) in [5, 5.41) is 13.6. The highest BCUT2D eigenvalue weighted by Gasteiger charge is 2.10. The van der Waals surface area contributed by atoms with Gasteiger partial charge in [0, 0.05) is 43.4 Å². The number of hydrogen-bond donors (Lipinski definition) is 3. The Morgan fingerprint density at radius 3 is 2.73 bits per heavy atom. The molecule has 3 aromatic rings. The molecule has 33 heavy (non-hydrogen) atoms. The van der Waals surface area contributed by atoms with Crippen LogP contribution in [0.15, 0.2) is 59.9 Å². The van der Waals surface area contributed by atoms with Crippen LogP contribution in [0.4, 0.5) is 28.8 Å². The van der Waals surface area contributed by atoms with Crippen LogP contribution < -0.4 is 16.0 Å². The van der Waals surface area contributed by atoms with Crippen LogP contribution in [0, 0.1) is 0 Å². The minimum absolute atomic E-state index is 0.138. The topological polar surface area (TPSA) is 100 Å². The monoisotopic (exact) mass is 464 g/mol. The number of aromatic nitrogens is 4. The first-order chi connectivity index (χ1) is 16.1. The molecule has 1 amide bonds. The van der Waals surface area contributed by atoms with E-state index in [0.29, 0.717) is 17.5 Å². The molecule has 2 aromatic heterocycles. The number of rotatable bonds is 9. The molecule has 0 atom stereocenters.